The first-order valence-corrected chi connectivity index (χ1v) is 14.5. The van der Waals surface area contributed by atoms with E-state index in [-0.39, 0.29) is 40.4 Å². The minimum absolute atomic E-state index is 0.0280. The van der Waals surface area contributed by atoms with Gasteiger partial charge in [-0.15, -0.1) is 0 Å². The highest BCUT2D eigenvalue weighted by Crippen LogP contribution is 2.40. The van der Waals surface area contributed by atoms with Gasteiger partial charge in [0.2, 0.25) is 0 Å². The van der Waals surface area contributed by atoms with Crippen LogP contribution in [-0.2, 0) is 11.2 Å². The van der Waals surface area contributed by atoms with E-state index in [2.05, 4.69) is 28.7 Å². The number of aliphatic hydroxyl groups is 1. The van der Waals surface area contributed by atoms with E-state index >= 15 is 4.39 Å². The van der Waals surface area contributed by atoms with E-state index < -0.39 is 17.8 Å². The van der Waals surface area contributed by atoms with Crippen molar-refractivity contribution in [3.05, 3.63) is 74.7 Å². The fourth-order valence-electron chi connectivity index (χ4n) is 6.05. The number of ether oxygens (including phenoxy) is 1. The van der Waals surface area contributed by atoms with Gasteiger partial charge in [0.05, 0.1) is 34.1 Å². The highest BCUT2D eigenvalue weighted by atomic mass is 35.5. The largest absolute Gasteiger partial charge is 0.364 e. The molecule has 2 aliphatic heterocycles. The summed E-state index contributed by atoms with van der Waals surface area (Å²) in [6.07, 6.45) is 2.73. The lowest BCUT2D eigenvalue weighted by molar-refractivity contribution is -0.101. The molecule has 6 rings (SSSR count). The Bertz CT molecular complexity index is 1710. The van der Waals surface area contributed by atoms with Gasteiger partial charge < -0.3 is 14.7 Å². The zero-order valence-corrected chi connectivity index (χ0v) is 24.3. The third-order valence-corrected chi connectivity index (χ3v) is 8.48. The van der Waals surface area contributed by atoms with Gasteiger partial charge in [0.1, 0.15) is 11.6 Å². The molecule has 1 fully saturated rings. The summed E-state index contributed by atoms with van der Waals surface area (Å²) in [5.74, 6) is 0.300. The molecule has 2 aliphatic rings. The van der Waals surface area contributed by atoms with Gasteiger partial charge in [0.25, 0.3) is 0 Å². The Morgan fingerprint density at radius 3 is 2.76 bits per heavy atom. The first-order valence-electron chi connectivity index (χ1n) is 14.1. The molecular weight excluding hydrogens is 545 g/mol. The SMILES string of the molecule is CC(C)c1nccc2c1-n1c(=O)nc(N3C[C@@H](C)CC[C@@H]3C)c3cc(Cl)c(nc31)-c1c(F)cccc1C(O)OCC2. The number of aliphatic hydroxyl groups excluding tert-OH is 1. The lowest BCUT2D eigenvalue weighted by Crippen LogP contribution is -2.43. The number of nitrogens with zero attached hydrogens (tertiary/aromatic N) is 5. The van der Waals surface area contributed by atoms with E-state index in [0.29, 0.717) is 40.6 Å². The van der Waals surface area contributed by atoms with Crippen molar-refractivity contribution in [1.82, 2.24) is 19.5 Å². The molecule has 0 spiro atoms. The molecule has 10 heteroatoms. The highest BCUT2D eigenvalue weighted by molar-refractivity contribution is 6.34. The summed E-state index contributed by atoms with van der Waals surface area (Å²) in [7, 11) is 0. The molecule has 1 unspecified atom stereocenters. The monoisotopic (exact) mass is 577 g/mol. The number of fused-ring (bicyclic) bond motifs is 5. The molecule has 4 aromatic rings. The first-order chi connectivity index (χ1) is 19.7. The van der Waals surface area contributed by atoms with Crippen LogP contribution in [0.25, 0.3) is 28.0 Å². The van der Waals surface area contributed by atoms with Crippen LogP contribution in [0.5, 0.6) is 0 Å². The molecule has 1 saturated heterocycles. The molecule has 3 aromatic heterocycles. The van der Waals surface area contributed by atoms with Crippen LogP contribution < -0.4 is 10.6 Å². The number of hydrogen-bond acceptors (Lipinski definition) is 7. The van der Waals surface area contributed by atoms with E-state index in [4.69, 9.17) is 21.3 Å². The number of pyridine rings is 2. The summed E-state index contributed by atoms with van der Waals surface area (Å²) in [5.41, 5.74) is 2.23. The number of piperidine rings is 1. The van der Waals surface area contributed by atoms with Crippen LogP contribution in [-0.4, -0.2) is 43.8 Å². The zero-order chi connectivity index (χ0) is 29.0. The molecule has 1 N–H and O–H groups in total. The quantitative estimate of drug-likeness (QED) is 0.315. The van der Waals surface area contributed by atoms with Gasteiger partial charge in [0, 0.05) is 29.9 Å². The second-order valence-corrected chi connectivity index (χ2v) is 11.9. The molecule has 5 heterocycles. The molecule has 8 nitrogen and oxygen atoms in total. The van der Waals surface area contributed by atoms with Crippen LogP contribution in [0.15, 0.2) is 41.3 Å². The summed E-state index contributed by atoms with van der Waals surface area (Å²) < 4.78 is 22.8. The number of hydrogen-bond donors (Lipinski definition) is 1. The Hall–Kier alpha value is -3.40. The maximum atomic E-state index is 15.5. The zero-order valence-electron chi connectivity index (χ0n) is 23.6. The number of anilines is 1. The summed E-state index contributed by atoms with van der Waals surface area (Å²) >= 11 is 6.87. The molecule has 41 heavy (non-hydrogen) atoms. The Kier molecular flexibility index (Phi) is 7.30. The van der Waals surface area contributed by atoms with Gasteiger partial charge in [-0.25, -0.2) is 18.7 Å². The smallest absolute Gasteiger partial charge is 0.355 e. The second kappa shape index (κ2) is 10.8. The van der Waals surface area contributed by atoms with Crippen LogP contribution >= 0.6 is 11.6 Å². The number of rotatable bonds is 2. The Morgan fingerprint density at radius 2 is 1.98 bits per heavy atom. The van der Waals surface area contributed by atoms with Gasteiger partial charge >= 0.3 is 5.69 Å². The summed E-state index contributed by atoms with van der Waals surface area (Å²) in [6, 6.07) is 8.10. The number of aromatic nitrogens is 4. The second-order valence-electron chi connectivity index (χ2n) is 11.5. The fourth-order valence-corrected chi connectivity index (χ4v) is 6.29. The molecule has 0 radical (unpaired) electrons. The van der Waals surface area contributed by atoms with Gasteiger partial charge in [0.15, 0.2) is 11.9 Å². The maximum absolute atomic E-state index is 15.5. The fraction of sp³-hybridized carbons (Fsp3) is 0.419. The number of benzene rings is 1. The van der Waals surface area contributed by atoms with Crippen molar-refractivity contribution in [3.8, 4) is 16.9 Å². The predicted molar refractivity (Wildman–Crippen MR) is 157 cm³/mol. The van der Waals surface area contributed by atoms with Crippen molar-refractivity contribution >= 4 is 28.5 Å². The standard InChI is InChI=1S/C31H33ClFN5O3/c1-16(2)25-27-19(10-12-34-25)11-13-41-30(39)20-6-5-7-23(33)24(20)26-22(32)14-21-28(36-31(40)38(27)29(21)35-26)37-15-17(3)8-9-18(37)4/h5-7,10,12,14,16-18,30,39H,8-9,11,13,15H2,1-4H3/t17-,18-,30?/m0/s1. The van der Waals surface area contributed by atoms with Crippen molar-refractivity contribution in [2.75, 3.05) is 18.1 Å². The van der Waals surface area contributed by atoms with Crippen molar-refractivity contribution in [2.45, 2.75) is 65.2 Å². The third-order valence-electron chi connectivity index (χ3n) is 8.19. The highest BCUT2D eigenvalue weighted by Gasteiger charge is 2.31. The van der Waals surface area contributed by atoms with Gasteiger partial charge in [-0.1, -0.05) is 44.5 Å². The van der Waals surface area contributed by atoms with Crippen LogP contribution in [0, 0.1) is 11.7 Å². The van der Waals surface area contributed by atoms with Crippen LogP contribution in [0.3, 0.4) is 0 Å². The van der Waals surface area contributed by atoms with Crippen molar-refractivity contribution in [2.24, 2.45) is 5.92 Å². The van der Waals surface area contributed by atoms with Crippen LogP contribution in [0.2, 0.25) is 5.02 Å². The third kappa shape index (κ3) is 4.79. The Labute approximate surface area is 242 Å². The van der Waals surface area contributed by atoms with Crippen molar-refractivity contribution in [1.29, 1.82) is 0 Å². The minimum Gasteiger partial charge on any atom is -0.364 e. The van der Waals surface area contributed by atoms with E-state index in [1.165, 1.54) is 16.7 Å². The molecular formula is C31H33ClFN5O3. The lowest BCUT2D eigenvalue weighted by Gasteiger charge is -2.38. The average molecular weight is 578 g/mol. The molecule has 2 bridgehead atoms. The van der Waals surface area contributed by atoms with Gasteiger partial charge in [-0.2, -0.15) is 4.98 Å². The van der Waals surface area contributed by atoms with E-state index in [1.807, 2.05) is 19.9 Å². The average Bonchev–Trinajstić information content (AvgIpc) is 2.93. The van der Waals surface area contributed by atoms with Gasteiger partial charge in [-0.05, 0) is 61.8 Å². The molecule has 0 aliphatic carbocycles. The van der Waals surface area contributed by atoms with E-state index in [1.54, 1.807) is 18.3 Å². The molecule has 3 atom stereocenters. The summed E-state index contributed by atoms with van der Waals surface area (Å²) in [6.45, 7) is 9.19. The molecule has 0 amide bonds. The molecule has 0 saturated carbocycles. The van der Waals surface area contributed by atoms with Crippen LogP contribution in [0.1, 0.15) is 69.6 Å². The van der Waals surface area contributed by atoms with E-state index in [0.717, 1.165) is 24.9 Å². The predicted octanol–water partition coefficient (Wildman–Crippen LogP) is 5.95. The van der Waals surface area contributed by atoms with Gasteiger partial charge in [-0.3, -0.25) is 4.98 Å². The Morgan fingerprint density at radius 1 is 1.17 bits per heavy atom. The lowest BCUT2D eigenvalue weighted by atomic mass is 9.94. The summed E-state index contributed by atoms with van der Waals surface area (Å²) in [5, 5.41) is 11.8. The van der Waals surface area contributed by atoms with Crippen molar-refractivity contribution < 1.29 is 14.2 Å². The van der Waals surface area contributed by atoms with E-state index in [9.17, 15) is 9.90 Å². The molecule has 1 aromatic carbocycles. The van der Waals surface area contributed by atoms with Crippen LogP contribution in [0.4, 0.5) is 10.2 Å². The molecule has 214 valence electrons. The maximum Gasteiger partial charge on any atom is 0.355 e. The summed E-state index contributed by atoms with van der Waals surface area (Å²) in [4.78, 5) is 30.5. The topological polar surface area (TPSA) is 93.4 Å². The van der Waals surface area contributed by atoms with Crippen molar-refractivity contribution in [3.63, 3.8) is 0 Å². The number of halogens is 2. The first kappa shape index (κ1) is 27.8. The Balaban J connectivity index is 1.77. The normalized spacial score (nSPS) is 21.0. The minimum atomic E-state index is -1.41.